The zero-order valence-corrected chi connectivity index (χ0v) is 11.1. The average Bonchev–Trinajstić information content (AvgIpc) is 2.68. The van der Waals surface area contributed by atoms with Crippen LogP contribution in [-0.4, -0.2) is 24.4 Å². The highest BCUT2D eigenvalue weighted by molar-refractivity contribution is 6.31. The van der Waals surface area contributed by atoms with Crippen LogP contribution in [0, 0.1) is 0 Å². The topological polar surface area (TPSA) is 29.5 Å². The van der Waals surface area contributed by atoms with Gasteiger partial charge in [0.2, 0.25) is 0 Å². The molecule has 2 aliphatic heterocycles. The summed E-state index contributed by atoms with van der Waals surface area (Å²) in [6.07, 6.45) is 0. The van der Waals surface area contributed by atoms with Crippen LogP contribution < -0.4 is 4.74 Å². The largest absolute Gasteiger partial charge is 0.456 e. The minimum absolute atomic E-state index is 0.0627. The summed E-state index contributed by atoms with van der Waals surface area (Å²) in [5.41, 5.74) is 3.72. The number of nitrogens with zero attached hydrogens (tertiary/aromatic N) is 1. The second-order valence-corrected chi connectivity index (χ2v) is 5.11. The number of amides is 1. The maximum atomic E-state index is 12.5. The molecule has 2 aromatic rings. The fourth-order valence-corrected chi connectivity index (χ4v) is 2.89. The van der Waals surface area contributed by atoms with E-state index in [2.05, 4.69) is 0 Å². The van der Waals surface area contributed by atoms with Gasteiger partial charge in [0.05, 0.1) is 5.57 Å². The van der Waals surface area contributed by atoms with Crippen LogP contribution >= 0.6 is 0 Å². The second kappa shape index (κ2) is 3.97. The van der Waals surface area contributed by atoms with Gasteiger partial charge in [0.1, 0.15) is 11.5 Å². The number of likely N-dealkylation sites (N-methyl/N-ethyl adjacent to an activating group) is 1. The van der Waals surface area contributed by atoms with Gasteiger partial charge in [-0.15, -0.1) is 0 Å². The lowest BCUT2D eigenvalue weighted by molar-refractivity contribution is -0.122. The molecule has 2 heterocycles. The fourth-order valence-electron chi connectivity index (χ4n) is 2.89. The lowest BCUT2D eigenvalue weighted by Gasteiger charge is -2.14. The number of ether oxygens (including phenoxy) is 1. The molecule has 0 aromatic heterocycles. The summed E-state index contributed by atoms with van der Waals surface area (Å²) in [4.78, 5) is 14.2. The highest BCUT2D eigenvalue weighted by Crippen LogP contribution is 2.45. The van der Waals surface area contributed by atoms with Gasteiger partial charge in [-0.3, -0.25) is 4.79 Å². The molecular formula is C17H13NO2. The Bertz CT molecular complexity index is 761. The van der Waals surface area contributed by atoms with E-state index in [-0.39, 0.29) is 5.91 Å². The highest BCUT2D eigenvalue weighted by Gasteiger charge is 2.34. The van der Waals surface area contributed by atoms with Crippen molar-refractivity contribution in [3.8, 4) is 11.5 Å². The smallest absolute Gasteiger partial charge is 0.255 e. The molecule has 0 fully saturated rings. The summed E-state index contributed by atoms with van der Waals surface area (Å²) in [7, 11) is 1.84. The summed E-state index contributed by atoms with van der Waals surface area (Å²) < 4.78 is 6.01. The van der Waals surface area contributed by atoms with Crippen molar-refractivity contribution >= 4 is 17.1 Å². The van der Waals surface area contributed by atoms with Crippen molar-refractivity contribution in [2.75, 3.05) is 13.6 Å². The molecule has 0 radical (unpaired) electrons. The first kappa shape index (κ1) is 11.3. The third-order valence-corrected chi connectivity index (χ3v) is 3.85. The minimum atomic E-state index is 0.0627. The first-order valence-electron chi connectivity index (χ1n) is 6.61. The van der Waals surface area contributed by atoms with Crippen LogP contribution in [0.4, 0.5) is 0 Å². The summed E-state index contributed by atoms with van der Waals surface area (Å²) in [6.45, 7) is 0.628. The van der Waals surface area contributed by atoms with Crippen LogP contribution in [0.25, 0.3) is 11.1 Å². The molecule has 98 valence electrons. The van der Waals surface area contributed by atoms with E-state index in [0.717, 1.165) is 33.8 Å². The standard InChI is InChI=1S/C17H13NO2/c1-18-10-13-11-6-2-4-8-14(11)20-15-9-5-3-7-12(15)16(13)17(18)19/h2-9H,10H2,1H3. The number of hydrogen-bond donors (Lipinski definition) is 0. The zero-order chi connectivity index (χ0) is 13.7. The van der Waals surface area contributed by atoms with Crippen molar-refractivity contribution < 1.29 is 9.53 Å². The Morgan fingerprint density at radius 3 is 2.30 bits per heavy atom. The van der Waals surface area contributed by atoms with Gasteiger partial charge >= 0.3 is 0 Å². The van der Waals surface area contributed by atoms with E-state index in [1.807, 2.05) is 55.6 Å². The lowest BCUT2D eigenvalue weighted by atomic mass is 9.97. The molecule has 20 heavy (non-hydrogen) atoms. The van der Waals surface area contributed by atoms with E-state index in [0.29, 0.717) is 6.54 Å². The van der Waals surface area contributed by atoms with Crippen LogP contribution in [-0.2, 0) is 4.79 Å². The van der Waals surface area contributed by atoms with Crippen LogP contribution in [0.1, 0.15) is 11.1 Å². The number of para-hydroxylation sites is 2. The van der Waals surface area contributed by atoms with E-state index in [1.165, 1.54) is 0 Å². The number of fused-ring (bicyclic) bond motifs is 4. The van der Waals surface area contributed by atoms with Crippen molar-refractivity contribution in [2.24, 2.45) is 0 Å². The van der Waals surface area contributed by atoms with Crippen molar-refractivity contribution in [3.63, 3.8) is 0 Å². The van der Waals surface area contributed by atoms with Crippen molar-refractivity contribution in [2.45, 2.75) is 0 Å². The minimum Gasteiger partial charge on any atom is -0.456 e. The molecule has 0 bridgehead atoms. The SMILES string of the molecule is CN1CC2=C(C1=O)c1ccccc1Oc1ccccc12. The predicted octanol–water partition coefficient (Wildman–Crippen LogP) is 3.18. The average molecular weight is 263 g/mol. The van der Waals surface area contributed by atoms with Crippen molar-refractivity contribution in [1.82, 2.24) is 4.90 Å². The molecule has 0 atom stereocenters. The van der Waals surface area contributed by atoms with Gasteiger partial charge in [-0.2, -0.15) is 0 Å². The number of hydrogen-bond acceptors (Lipinski definition) is 2. The Morgan fingerprint density at radius 2 is 1.55 bits per heavy atom. The van der Waals surface area contributed by atoms with E-state index in [4.69, 9.17) is 4.74 Å². The van der Waals surface area contributed by atoms with E-state index in [9.17, 15) is 4.79 Å². The van der Waals surface area contributed by atoms with Gasteiger partial charge in [0.15, 0.2) is 0 Å². The predicted molar refractivity (Wildman–Crippen MR) is 77.4 cm³/mol. The molecule has 3 heteroatoms. The summed E-state index contributed by atoms with van der Waals surface area (Å²) in [6, 6.07) is 15.6. The van der Waals surface area contributed by atoms with Crippen LogP contribution in [0.2, 0.25) is 0 Å². The molecule has 0 aliphatic carbocycles. The first-order valence-corrected chi connectivity index (χ1v) is 6.61. The summed E-state index contributed by atoms with van der Waals surface area (Å²) in [5.74, 6) is 1.62. The Balaban J connectivity index is 2.08. The van der Waals surface area contributed by atoms with Gasteiger partial charge in [-0.25, -0.2) is 0 Å². The fraction of sp³-hybridized carbons (Fsp3) is 0.118. The van der Waals surface area contributed by atoms with Gasteiger partial charge in [-0.1, -0.05) is 36.4 Å². The van der Waals surface area contributed by atoms with Crippen molar-refractivity contribution in [3.05, 3.63) is 59.7 Å². The molecule has 0 saturated heterocycles. The van der Waals surface area contributed by atoms with Crippen LogP contribution in [0.15, 0.2) is 48.5 Å². The molecule has 0 spiro atoms. The third-order valence-electron chi connectivity index (χ3n) is 3.85. The second-order valence-electron chi connectivity index (χ2n) is 5.11. The molecule has 0 saturated carbocycles. The maximum absolute atomic E-state index is 12.5. The number of carbonyl (C=O) groups is 1. The lowest BCUT2D eigenvalue weighted by Crippen LogP contribution is -2.21. The Kier molecular flexibility index (Phi) is 2.24. The first-order chi connectivity index (χ1) is 9.75. The Hall–Kier alpha value is -2.55. The normalized spacial score (nSPS) is 16.2. The highest BCUT2D eigenvalue weighted by atomic mass is 16.5. The van der Waals surface area contributed by atoms with Gasteiger partial charge in [0, 0.05) is 24.7 Å². The van der Waals surface area contributed by atoms with E-state index >= 15 is 0 Å². The number of benzene rings is 2. The van der Waals surface area contributed by atoms with Crippen LogP contribution in [0.3, 0.4) is 0 Å². The maximum Gasteiger partial charge on any atom is 0.255 e. The Labute approximate surface area is 117 Å². The Morgan fingerprint density at radius 1 is 0.950 bits per heavy atom. The molecule has 2 aliphatic rings. The third kappa shape index (κ3) is 1.43. The molecule has 3 nitrogen and oxygen atoms in total. The molecule has 0 unspecified atom stereocenters. The van der Waals surface area contributed by atoms with Gasteiger partial charge < -0.3 is 9.64 Å². The number of carbonyl (C=O) groups excluding carboxylic acids is 1. The van der Waals surface area contributed by atoms with Gasteiger partial charge in [0.25, 0.3) is 5.91 Å². The van der Waals surface area contributed by atoms with Gasteiger partial charge in [-0.05, 0) is 17.7 Å². The van der Waals surface area contributed by atoms with E-state index < -0.39 is 0 Å². The van der Waals surface area contributed by atoms with Crippen LogP contribution in [0.5, 0.6) is 11.5 Å². The van der Waals surface area contributed by atoms with Crippen molar-refractivity contribution in [1.29, 1.82) is 0 Å². The monoisotopic (exact) mass is 263 g/mol. The molecule has 4 rings (SSSR count). The quantitative estimate of drug-likeness (QED) is 0.730. The molecule has 0 N–H and O–H groups in total. The zero-order valence-electron chi connectivity index (χ0n) is 11.1. The summed E-state index contributed by atoms with van der Waals surface area (Å²) in [5, 5.41) is 0. The molecular weight excluding hydrogens is 250 g/mol. The number of rotatable bonds is 0. The summed E-state index contributed by atoms with van der Waals surface area (Å²) >= 11 is 0. The molecule has 1 amide bonds. The molecule has 2 aromatic carbocycles. The van der Waals surface area contributed by atoms with E-state index in [1.54, 1.807) is 4.90 Å².